The Hall–Kier alpha value is -11.9. The Balaban J connectivity index is 0.649. The molecule has 5 nitrogen and oxygen atoms in total. The number of allylic oxidation sites excluding steroid dienone is 1. The monoisotopic (exact) mass is 1240 g/mol. The van der Waals surface area contributed by atoms with Crippen molar-refractivity contribution in [1.29, 1.82) is 0 Å². The first-order valence-electron chi connectivity index (χ1n) is 34.5. The average molecular weight is 1240 g/mol. The molecule has 0 spiro atoms. The summed E-state index contributed by atoms with van der Waals surface area (Å²) in [6.45, 7) is 9.48. The van der Waals surface area contributed by atoms with E-state index in [9.17, 15) is 0 Å². The van der Waals surface area contributed by atoms with Crippen molar-refractivity contribution >= 4 is 162 Å². The predicted octanol–water partition coefficient (Wildman–Crippen LogP) is 24.3. The lowest BCUT2D eigenvalue weighted by atomic mass is 9.84. The Kier molecular flexibility index (Phi) is 13.2. The van der Waals surface area contributed by atoms with Crippen molar-refractivity contribution in [3.63, 3.8) is 0 Å². The van der Waals surface area contributed by atoms with Crippen molar-refractivity contribution in [2.75, 3.05) is 0 Å². The number of para-hydroxylation sites is 4. The standard InChI is InChI=1S/C92H69N5/c1-4-93-81-27-13-9-23-71(81)76-52-59(39-46-83(76)93)33-36-62-49-63(37-34-60-40-47-84-77(53-60)72-24-10-14-28-82(72)94(84)5-2)51-64(50-62)38-35-61-41-48-85-78(54-61)75-45-43-67(56-90(75)95(85)6-3)66-42-44-70-68(55-66)21-18-32-87(70)97-89-30-16-12-26-74(89)80-57-91-79(58-92(80)97)73-25-11-15-29-88(73)96(91)86-31-17-20-65-19-7-8-22-69(65)86/h7-54,56-58,66H,4-6,55H2,1-3H3/b36-33+,37-34+,38-35+/t66-/m0/s1. The molecule has 97 heavy (non-hydrogen) atoms. The topological polar surface area (TPSA) is 24.6 Å². The van der Waals surface area contributed by atoms with Crippen LogP contribution in [0.5, 0.6) is 0 Å². The number of aryl methyl sites for hydroxylation is 3. The van der Waals surface area contributed by atoms with Gasteiger partial charge in [-0.05, 0) is 186 Å². The molecule has 0 unspecified atom stereocenters. The first kappa shape index (κ1) is 56.6. The minimum Gasteiger partial charge on any atom is -0.341 e. The molecule has 5 heterocycles. The third-order valence-electron chi connectivity index (χ3n) is 21.1. The molecule has 13 aromatic carbocycles. The highest BCUT2D eigenvalue weighted by atomic mass is 15.0. The summed E-state index contributed by atoms with van der Waals surface area (Å²) in [7, 11) is 0. The number of nitrogens with zero attached hydrogens (tertiary/aromatic N) is 5. The van der Waals surface area contributed by atoms with Crippen LogP contribution in [0.25, 0.3) is 174 Å². The van der Waals surface area contributed by atoms with Gasteiger partial charge in [0.05, 0.1) is 33.4 Å². The lowest BCUT2D eigenvalue weighted by Crippen LogP contribution is -2.09. The Morgan fingerprint density at radius 3 is 1.21 bits per heavy atom. The number of hydrogen-bond donors (Lipinski definition) is 0. The van der Waals surface area contributed by atoms with E-state index in [1.165, 1.54) is 165 Å². The molecular weight excluding hydrogens is 1180 g/mol. The van der Waals surface area contributed by atoms with Crippen molar-refractivity contribution in [1.82, 2.24) is 22.8 Å². The third kappa shape index (κ3) is 9.13. The van der Waals surface area contributed by atoms with Gasteiger partial charge in [-0.25, -0.2) is 0 Å². The van der Waals surface area contributed by atoms with Crippen LogP contribution in [0.4, 0.5) is 0 Å². The highest BCUT2D eigenvalue weighted by molar-refractivity contribution is 6.20. The van der Waals surface area contributed by atoms with E-state index in [-0.39, 0.29) is 5.92 Å². The molecule has 5 heteroatoms. The number of aromatic nitrogens is 5. The maximum Gasteiger partial charge on any atom is 0.0549 e. The predicted molar refractivity (Wildman–Crippen MR) is 417 cm³/mol. The van der Waals surface area contributed by atoms with Crippen LogP contribution in [0.3, 0.4) is 0 Å². The second-order valence-electron chi connectivity index (χ2n) is 26.4. The molecule has 0 bridgehead atoms. The zero-order valence-corrected chi connectivity index (χ0v) is 54.6. The summed E-state index contributed by atoms with van der Waals surface area (Å²) >= 11 is 0. The summed E-state index contributed by atoms with van der Waals surface area (Å²) in [5.74, 6) is 0.229. The Labute approximate surface area is 562 Å². The second kappa shape index (κ2) is 22.6. The number of rotatable bonds is 12. The van der Waals surface area contributed by atoms with Gasteiger partial charge in [-0.1, -0.05) is 200 Å². The van der Waals surface area contributed by atoms with Gasteiger partial charge in [0.15, 0.2) is 0 Å². The molecule has 462 valence electrons. The first-order valence-corrected chi connectivity index (χ1v) is 34.5. The molecule has 19 rings (SSSR count). The van der Waals surface area contributed by atoms with E-state index in [0.29, 0.717) is 0 Å². The molecule has 18 aromatic rings. The lowest BCUT2D eigenvalue weighted by Gasteiger charge is -2.23. The minimum absolute atomic E-state index is 0.229. The molecule has 0 saturated heterocycles. The fourth-order valence-electron chi connectivity index (χ4n) is 16.7. The zero-order valence-electron chi connectivity index (χ0n) is 54.6. The Morgan fingerprint density at radius 2 is 0.680 bits per heavy atom. The summed E-state index contributed by atoms with van der Waals surface area (Å²) in [4.78, 5) is 0. The van der Waals surface area contributed by atoms with Crippen LogP contribution >= 0.6 is 0 Å². The summed E-state index contributed by atoms with van der Waals surface area (Å²) < 4.78 is 12.4. The molecule has 0 radical (unpaired) electrons. The van der Waals surface area contributed by atoms with E-state index in [4.69, 9.17) is 0 Å². The molecule has 1 aliphatic rings. The molecule has 0 N–H and O–H groups in total. The van der Waals surface area contributed by atoms with Crippen LogP contribution in [0.1, 0.15) is 76.8 Å². The molecule has 0 aliphatic heterocycles. The maximum atomic E-state index is 2.53. The third-order valence-corrected chi connectivity index (χ3v) is 21.1. The van der Waals surface area contributed by atoms with Crippen LogP contribution < -0.4 is 0 Å². The molecule has 1 aliphatic carbocycles. The zero-order chi connectivity index (χ0) is 64.4. The maximum absolute atomic E-state index is 2.53. The summed E-state index contributed by atoms with van der Waals surface area (Å²) in [5.41, 5.74) is 25.9. The molecular formula is C92H69N5. The van der Waals surface area contributed by atoms with E-state index in [0.717, 1.165) is 42.7 Å². The highest BCUT2D eigenvalue weighted by Crippen LogP contribution is 2.44. The normalized spacial score (nSPS) is 13.7. The van der Waals surface area contributed by atoms with Crippen molar-refractivity contribution in [2.45, 2.75) is 52.7 Å². The van der Waals surface area contributed by atoms with Crippen LogP contribution in [0.15, 0.2) is 267 Å². The van der Waals surface area contributed by atoms with E-state index in [1.54, 1.807) is 0 Å². The van der Waals surface area contributed by atoms with Crippen LogP contribution in [-0.4, -0.2) is 22.8 Å². The van der Waals surface area contributed by atoms with Gasteiger partial charge < -0.3 is 22.8 Å². The van der Waals surface area contributed by atoms with Crippen molar-refractivity contribution in [3.05, 3.63) is 317 Å². The second-order valence-corrected chi connectivity index (χ2v) is 26.4. The van der Waals surface area contributed by atoms with E-state index in [1.807, 2.05) is 0 Å². The molecule has 0 amide bonds. The fraction of sp³-hybridized carbons (Fsp3) is 0.0870. The van der Waals surface area contributed by atoms with Gasteiger partial charge in [0.25, 0.3) is 0 Å². The van der Waals surface area contributed by atoms with Crippen LogP contribution in [0, 0.1) is 0 Å². The van der Waals surface area contributed by atoms with Gasteiger partial charge in [0, 0.05) is 123 Å². The van der Waals surface area contributed by atoms with E-state index >= 15 is 0 Å². The highest BCUT2D eigenvalue weighted by Gasteiger charge is 2.25. The van der Waals surface area contributed by atoms with Crippen molar-refractivity contribution < 1.29 is 0 Å². The number of fused-ring (bicyclic) bond motifs is 17. The van der Waals surface area contributed by atoms with Crippen molar-refractivity contribution in [2.24, 2.45) is 0 Å². The summed E-state index contributed by atoms with van der Waals surface area (Å²) in [6, 6.07) is 97.7. The molecule has 0 fully saturated rings. The fourth-order valence-corrected chi connectivity index (χ4v) is 16.7. The Bertz CT molecular complexity index is 6280. The van der Waals surface area contributed by atoms with Gasteiger partial charge in [0.1, 0.15) is 0 Å². The van der Waals surface area contributed by atoms with Gasteiger partial charge >= 0.3 is 0 Å². The van der Waals surface area contributed by atoms with Crippen molar-refractivity contribution in [3.8, 4) is 11.4 Å². The van der Waals surface area contributed by atoms with Gasteiger partial charge in [-0.3, -0.25) is 0 Å². The van der Waals surface area contributed by atoms with Gasteiger partial charge in [0.2, 0.25) is 0 Å². The van der Waals surface area contributed by atoms with Gasteiger partial charge in [-0.2, -0.15) is 0 Å². The molecule has 5 aromatic heterocycles. The average Bonchev–Trinajstić information content (AvgIpc) is 1.56. The summed E-state index contributed by atoms with van der Waals surface area (Å²) in [5, 5.41) is 15.2. The number of hydrogen-bond acceptors (Lipinski definition) is 0. The molecule has 1 atom stereocenters. The lowest BCUT2D eigenvalue weighted by molar-refractivity contribution is 0.812. The van der Waals surface area contributed by atoms with Crippen LogP contribution in [-0.2, 0) is 26.1 Å². The van der Waals surface area contributed by atoms with Crippen LogP contribution in [0.2, 0.25) is 0 Å². The first-order chi connectivity index (χ1) is 47.9. The largest absolute Gasteiger partial charge is 0.341 e. The van der Waals surface area contributed by atoms with Gasteiger partial charge in [-0.15, -0.1) is 0 Å². The minimum atomic E-state index is 0.229. The Morgan fingerprint density at radius 1 is 0.289 bits per heavy atom. The SMILES string of the molecule is CCn1c2ccccc2c2cc(/C=C/c3cc(/C=C/c4ccc5c(c4)c4ccccc4n5CC)cc(/C=C/c4ccc5c(c4)c4ccc([C@H]6C=Cc7c(cccc7-n7c8ccccc8c8cc9c(cc87)c7ccccc7n9-c7cccc8ccccc78)C6)cc4n5CC)c3)ccc21. The number of benzene rings is 13. The quantitative estimate of drug-likeness (QED) is 0.109. The van der Waals surface area contributed by atoms with E-state index < -0.39 is 0 Å². The van der Waals surface area contributed by atoms with E-state index in [2.05, 4.69) is 353 Å². The molecule has 0 saturated carbocycles. The smallest absolute Gasteiger partial charge is 0.0549 e. The summed E-state index contributed by atoms with van der Waals surface area (Å²) in [6.07, 6.45) is 19.5.